The van der Waals surface area contributed by atoms with E-state index in [-0.39, 0.29) is 35.7 Å². The van der Waals surface area contributed by atoms with E-state index in [9.17, 15) is 22.8 Å². The summed E-state index contributed by atoms with van der Waals surface area (Å²) in [6, 6.07) is -1.05. The number of amides is 1. The summed E-state index contributed by atoms with van der Waals surface area (Å²) in [7, 11) is -2.18. The van der Waals surface area contributed by atoms with E-state index >= 15 is 0 Å². The molecule has 5 atom stereocenters. The van der Waals surface area contributed by atoms with Crippen molar-refractivity contribution in [1.29, 1.82) is 0 Å². The summed E-state index contributed by atoms with van der Waals surface area (Å²) in [4.78, 5) is 38.7. The molecule has 1 aliphatic carbocycles. The lowest BCUT2D eigenvalue weighted by molar-refractivity contribution is -0.141. The van der Waals surface area contributed by atoms with Crippen LogP contribution in [0.2, 0.25) is 0 Å². The van der Waals surface area contributed by atoms with E-state index < -0.39 is 51.4 Å². The zero-order chi connectivity index (χ0) is 20.8. The van der Waals surface area contributed by atoms with Gasteiger partial charge in [0.15, 0.2) is 5.72 Å². The molecule has 152 valence electrons. The molecule has 5 unspecified atom stereocenters. The van der Waals surface area contributed by atoms with Crippen molar-refractivity contribution in [2.24, 2.45) is 17.4 Å². The Hall–Kier alpha value is -2.44. The van der Waals surface area contributed by atoms with Crippen LogP contribution in [0.1, 0.15) is 6.92 Å². The number of hydrogen-bond acceptors (Lipinski definition) is 9. The van der Waals surface area contributed by atoms with E-state index in [4.69, 9.17) is 20.9 Å². The van der Waals surface area contributed by atoms with Crippen LogP contribution >= 0.6 is 0 Å². The van der Waals surface area contributed by atoms with Crippen molar-refractivity contribution in [3.63, 3.8) is 0 Å². The van der Waals surface area contributed by atoms with Gasteiger partial charge in [0.05, 0.1) is 35.7 Å². The van der Waals surface area contributed by atoms with Gasteiger partial charge in [-0.1, -0.05) is 0 Å². The number of hydrogen-bond donors (Lipinski definition) is 2. The molecule has 0 bridgehead atoms. The number of fused-ring (bicyclic) bond motifs is 4. The van der Waals surface area contributed by atoms with Gasteiger partial charge in [0, 0.05) is 24.8 Å². The second kappa shape index (κ2) is 5.55. The number of rotatable bonds is 4. The predicted octanol–water partition coefficient (Wildman–Crippen LogP) is -1.98. The van der Waals surface area contributed by atoms with Gasteiger partial charge in [0.25, 0.3) is 0 Å². The third-order valence-corrected chi connectivity index (χ3v) is 7.28. The van der Waals surface area contributed by atoms with Crippen molar-refractivity contribution in [1.82, 2.24) is 9.21 Å². The van der Waals surface area contributed by atoms with Crippen LogP contribution in [0.3, 0.4) is 0 Å². The van der Waals surface area contributed by atoms with Crippen molar-refractivity contribution >= 4 is 27.7 Å². The van der Waals surface area contributed by atoms with Crippen molar-refractivity contribution in [3.8, 4) is 0 Å². The van der Waals surface area contributed by atoms with Crippen LogP contribution in [0.4, 0.5) is 4.79 Å². The maximum absolute atomic E-state index is 12.9. The molecule has 11 nitrogen and oxygen atoms in total. The highest BCUT2D eigenvalue weighted by molar-refractivity contribution is 7.88. The summed E-state index contributed by atoms with van der Waals surface area (Å²) in [5.74, 6) is -1.91. The second-order valence-electron chi connectivity index (χ2n) is 7.31. The van der Waals surface area contributed by atoms with Gasteiger partial charge >= 0.3 is 6.09 Å². The number of sulfonamides is 1. The molecule has 12 heteroatoms. The largest absolute Gasteiger partial charge is 0.449 e. The first kappa shape index (κ1) is 18.9. The van der Waals surface area contributed by atoms with E-state index in [0.717, 1.165) is 6.26 Å². The molecule has 4 N–H and O–H groups in total. The molecule has 1 amide bonds. The molecule has 0 aromatic heterocycles. The van der Waals surface area contributed by atoms with E-state index in [2.05, 4.69) is 0 Å². The number of allylic oxidation sites excluding steroid dienone is 2. The Balaban J connectivity index is 1.86. The van der Waals surface area contributed by atoms with Crippen molar-refractivity contribution < 1.29 is 32.3 Å². The van der Waals surface area contributed by atoms with Gasteiger partial charge in [-0.3, -0.25) is 9.59 Å². The first-order valence-electron chi connectivity index (χ1n) is 8.51. The molecule has 2 fully saturated rings. The van der Waals surface area contributed by atoms with Gasteiger partial charge in [0.2, 0.25) is 21.6 Å². The number of methoxy groups -OCH3 is 1. The van der Waals surface area contributed by atoms with Crippen LogP contribution < -0.4 is 11.5 Å². The van der Waals surface area contributed by atoms with E-state index in [0.29, 0.717) is 0 Å². The minimum Gasteiger partial charge on any atom is -0.449 e. The fraction of sp³-hybridized carbons (Fsp3) is 0.562. The van der Waals surface area contributed by atoms with Crippen LogP contribution in [-0.4, -0.2) is 79.6 Å². The Kier molecular flexibility index (Phi) is 3.75. The zero-order valence-electron chi connectivity index (χ0n) is 15.5. The number of piperazine rings is 1. The van der Waals surface area contributed by atoms with Gasteiger partial charge in [-0.2, -0.15) is 4.31 Å². The number of Topliss-reactive ketones (excluding diaryl/α,β-unsaturated/α-hetero) is 2. The molecule has 0 saturated carbocycles. The number of nitrogens with zero attached hydrogens (tertiary/aromatic N) is 2. The standard InChI is InChI=1S/C16H20N4O7S/c1-6-10(17)13(22)9-7(5-27-15(18)23)16(26-2)14-8(20(14)28(3,24)25)4-19(16)11(9)12(6)21/h7-8,14H,4-5,17H2,1-3H3,(H2,18,23). The van der Waals surface area contributed by atoms with Gasteiger partial charge < -0.3 is 25.8 Å². The summed E-state index contributed by atoms with van der Waals surface area (Å²) < 4.78 is 36.3. The normalized spacial score (nSPS) is 36.5. The van der Waals surface area contributed by atoms with Crippen LogP contribution in [-0.2, 0) is 29.1 Å². The molecule has 3 aliphatic heterocycles. The Bertz CT molecular complexity index is 1000. The molecular formula is C16H20N4O7S. The Morgan fingerprint density at radius 1 is 1.32 bits per heavy atom. The molecule has 0 aromatic carbocycles. The number of carbonyl (C=O) groups is 3. The number of ketones is 2. The third-order valence-electron chi connectivity index (χ3n) is 6.01. The van der Waals surface area contributed by atoms with Crippen molar-refractivity contribution in [3.05, 3.63) is 22.5 Å². The van der Waals surface area contributed by atoms with E-state index in [1.54, 1.807) is 4.90 Å². The predicted molar refractivity (Wildman–Crippen MR) is 93.7 cm³/mol. The second-order valence-corrected chi connectivity index (χ2v) is 9.20. The summed E-state index contributed by atoms with van der Waals surface area (Å²) in [6.07, 6.45) is 0.0161. The number of ether oxygens (including phenoxy) is 2. The fourth-order valence-electron chi connectivity index (χ4n) is 4.88. The van der Waals surface area contributed by atoms with Crippen LogP contribution in [0, 0.1) is 5.92 Å². The maximum Gasteiger partial charge on any atom is 0.404 e. The molecular weight excluding hydrogens is 392 g/mol. The minimum absolute atomic E-state index is 0.0648. The first-order valence-corrected chi connectivity index (χ1v) is 10.4. The SMILES string of the molecule is COC12C(COC(N)=O)C3=C(C(=O)C(C)=C(N)C3=O)N1CC1C2N1S(C)(=O)=O. The highest BCUT2D eigenvalue weighted by Crippen LogP contribution is 2.60. The topological polar surface area (TPSA) is 162 Å². The number of primary amides is 1. The molecule has 0 spiro atoms. The highest BCUT2D eigenvalue weighted by atomic mass is 32.2. The minimum atomic E-state index is -3.54. The van der Waals surface area contributed by atoms with Gasteiger partial charge in [-0.15, -0.1) is 0 Å². The number of carbonyl (C=O) groups excluding carboxylic acids is 3. The molecule has 2 saturated heterocycles. The fourth-order valence-corrected chi connectivity index (χ4v) is 6.21. The lowest BCUT2D eigenvalue weighted by atomic mass is 9.82. The summed E-state index contributed by atoms with van der Waals surface area (Å²) >= 11 is 0. The maximum atomic E-state index is 12.9. The molecule has 4 aliphatic rings. The highest BCUT2D eigenvalue weighted by Gasteiger charge is 2.78. The number of nitrogens with two attached hydrogens (primary N) is 2. The zero-order valence-corrected chi connectivity index (χ0v) is 16.3. The molecule has 4 rings (SSSR count). The first-order chi connectivity index (χ1) is 13.0. The molecule has 0 aromatic rings. The van der Waals surface area contributed by atoms with Crippen LogP contribution in [0.25, 0.3) is 0 Å². The van der Waals surface area contributed by atoms with Crippen molar-refractivity contribution in [2.75, 3.05) is 26.5 Å². The smallest absolute Gasteiger partial charge is 0.404 e. The van der Waals surface area contributed by atoms with Gasteiger partial charge in [-0.25, -0.2) is 13.2 Å². The molecule has 0 radical (unpaired) electrons. The summed E-state index contributed by atoms with van der Waals surface area (Å²) in [5.41, 5.74) is 9.67. The lowest BCUT2D eigenvalue weighted by Crippen LogP contribution is -2.56. The van der Waals surface area contributed by atoms with Crippen molar-refractivity contribution in [2.45, 2.75) is 24.7 Å². The van der Waals surface area contributed by atoms with Crippen LogP contribution in [0.5, 0.6) is 0 Å². The Labute approximate surface area is 160 Å². The quantitative estimate of drug-likeness (QED) is 0.393. The molecule has 28 heavy (non-hydrogen) atoms. The Morgan fingerprint density at radius 2 is 1.96 bits per heavy atom. The lowest BCUT2D eigenvalue weighted by Gasteiger charge is -2.40. The Morgan fingerprint density at radius 3 is 2.50 bits per heavy atom. The van der Waals surface area contributed by atoms with E-state index in [1.807, 2.05) is 0 Å². The average Bonchev–Trinajstić information content (AvgIpc) is 3.15. The van der Waals surface area contributed by atoms with Crippen LogP contribution in [0.15, 0.2) is 22.5 Å². The average molecular weight is 412 g/mol. The monoisotopic (exact) mass is 412 g/mol. The van der Waals surface area contributed by atoms with Gasteiger partial charge in [0.1, 0.15) is 6.61 Å². The third kappa shape index (κ3) is 2.10. The van der Waals surface area contributed by atoms with E-state index in [1.165, 1.54) is 18.3 Å². The summed E-state index contributed by atoms with van der Waals surface area (Å²) in [6.45, 7) is 1.27. The summed E-state index contributed by atoms with van der Waals surface area (Å²) in [5, 5.41) is 0. The van der Waals surface area contributed by atoms with Gasteiger partial charge in [-0.05, 0) is 6.92 Å². The molecule has 3 heterocycles.